The molecule has 0 bridgehead atoms. The number of pyridine rings is 1. The molecule has 4 rings (SSSR count). The van der Waals surface area contributed by atoms with Crippen molar-refractivity contribution in [1.82, 2.24) is 24.8 Å². The first-order valence-electron chi connectivity index (χ1n) is 11.1. The normalized spacial score (nSPS) is 19.5. The fourth-order valence-corrected chi connectivity index (χ4v) is 4.46. The van der Waals surface area contributed by atoms with E-state index in [-0.39, 0.29) is 23.3 Å². The first kappa shape index (κ1) is 21.7. The zero-order valence-corrected chi connectivity index (χ0v) is 18.6. The topological polar surface area (TPSA) is 94.7 Å². The molecule has 31 heavy (non-hydrogen) atoms. The molecule has 0 spiro atoms. The van der Waals surface area contributed by atoms with Crippen LogP contribution in [-0.2, 0) is 9.53 Å². The van der Waals surface area contributed by atoms with Gasteiger partial charge in [0.1, 0.15) is 0 Å². The summed E-state index contributed by atoms with van der Waals surface area (Å²) in [7, 11) is 3.75. The average molecular weight is 429 g/mol. The molecule has 1 N–H and O–H groups in total. The number of nitrogens with zero attached hydrogens (tertiary/aromatic N) is 5. The lowest BCUT2D eigenvalue weighted by Crippen LogP contribution is -2.46. The number of hydrogen-bond donors (Lipinski definition) is 1. The van der Waals surface area contributed by atoms with Crippen LogP contribution in [0.5, 0.6) is 0 Å². The molecule has 2 aliphatic rings. The number of anilines is 1. The monoisotopic (exact) mass is 428 g/mol. The highest BCUT2D eigenvalue weighted by Crippen LogP contribution is 2.28. The van der Waals surface area contributed by atoms with E-state index in [2.05, 4.69) is 19.9 Å². The number of carbonyl (C=O) groups is 1. The molecule has 1 amide bonds. The Kier molecular flexibility index (Phi) is 6.52. The number of nitrogens with one attached hydrogen (secondary N) is 1. The van der Waals surface area contributed by atoms with E-state index in [4.69, 9.17) is 4.74 Å². The number of likely N-dealkylation sites (tertiary alicyclic amines) is 1. The third-order valence-electron chi connectivity index (χ3n) is 6.30. The highest BCUT2D eigenvalue weighted by atomic mass is 16.5. The van der Waals surface area contributed by atoms with Gasteiger partial charge in [-0.05, 0) is 18.9 Å². The Balaban J connectivity index is 1.40. The van der Waals surface area contributed by atoms with E-state index >= 15 is 0 Å². The average Bonchev–Trinajstić information content (AvgIpc) is 2.79. The van der Waals surface area contributed by atoms with Gasteiger partial charge >= 0.3 is 0 Å². The van der Waals surface area contributed by atoms with Gasteiger partial charge in [0, 0.05) is 70.5 Å². The molecule has 2 aromatic heterocycles. The van der Waals surface area contributed by atoms with Crippen LogP contribution in [0.3, 0.4) is 0 Å². The minimum absolute atomic E-state index is 0.0173. The van der Waals surface area contributed by atoms with Crippen LogP contribution < -0.4 is 10.5 Å². The summed E-state index contributed by atoms with van der Waals surface area (Å²) in [6.45, 7) is 7.52. The zero-order chi connectivity index (χ0) is 22.0. The van der Waals surface area contributed by atoms with Crippen molar-refractivity contribution in [1.29, 1.82) is 0 Å². The third kappa shape index (κ3) is 4.88. The molecule has 2 aromatic rings. The first-order valence-corrected chi connectivity index (χ1v) is 11.1. The van der Waals surface area contributed by atoms with Crippen LogP contribution in [0, 0.1) is 5.92 Å². The highest BCUT2D eigenvalue weighted by molar-refractivity contribution is 5.79. The number of H-pyrrole nitrogens is 1. The lowest BCUT2D eigenvalue weighted by molar-refractivity contribution is -0.137. The van der Waals surface area contributed by atoms with Gasteiger partial charge in [-0.2, -0.15) is 0 Å². The summed E-state index contributed by atoms with van der Waals surface area (Å²) < 4.78 is 5.39. The van der Waals surface area contributed by atoms with Crippen molar-refractivity contribution in [2.24, 2.45) is 5.92 Å². The Hall–Kier alpha value is -2.52. The Morgan fingerprint density at radius 3 is 2.65 bits per heavy atom. The molecule has 168 valence electrons. The summed E-state index contributed by atoms with van der Waals surface area (Å²) in [5.74, 6) is 1.00. The summed E-state index contributed by atoms with van der Waals surface area (Å²) in [5, 5.41) is 0.499. The smallest absolute Gasteiger partial charge is 0.259 e. The second-order valence-corrected chi connectivity index (χ2v) is 8.83. The molecule has 2 saturated heterocycles. The van der Waals surface area contributed by atoms with Crippen molar-refractivity contribution in [3.63, 3.8) is 0 Å². The fourth-order valence-electron chi connectivity index (χ4n) is 4.46. The molecule has 1 atom stereocenters. The van der Waals surface area contributed by atoms with Crippen molar-refractivity contribution >= 4 is 22.8 Å². The van der Waals surface area contributed by atoms with Crippen LogP contribution in [0.2, 0.25) is 0 Å². The standard InChI is InChI=1S/C22H32N6O3/c1-15(14-27-8-10-31-11-9-27)21(30)28-6-4-16(5-7-28)18-12-19-17(20(29)24-18)13-23-22(25-19)26(2)3/h12-13,15-16H,4-11,14H2,1-3H3,(H,24,29)/t15-/m1/s1. The van der Waals surface area contributed by atoms with Gasteiger partial charge in [0.25, 0.3) is 5.56 Å². The Morgan fingerprint density at radius 1 is 1.26 bits per heavy atom. The molecule has 4 heterocycles. The van der Waals surface area contributed by atoms with Gasteiger partial charge < -0.3 is 19.5 Å². The quantitative estimate of drug-likeness (QED) is 0.761. The SMILES string of the molecule is C[C@H](CN1CCOCC1)C(=O)N1CCC(c2cc3nc(N(C)C)ncc3c(=O)[nH]2)CC1. The Labute approximate surface area is 182 Å². The molecule has 0 radical (unpaired) electrons. The Bertz CT molecular complexity index is 977. The lowest BCUT2D eigenvalue weighted by atomic mass is 9.92. The zero-order valence-electron chi connectivity index (χ0n) is 18.6. The van der Waals surface area contributed by atoms with E-state index < -0.39 is 0 Å². The van der Waals surface area contributed by atoms with E-state index in [0.717, 1.165) is 51.4 Å². The third-order valence-corrected chi connectivity index (χ3v) is 6.30. The number of hydrogen-bond acceptors (Lipinski definition) is 7. The molecular formula is C22H32N6O3. The minimum Gasteiger partial charge on any atom is -0.379 e. The van der Waals surface area contributed by atoms with Crippen molar-refractivity contribution < 1.29 is 9.53 Å². The molecule has 2 aliphatic heterocycles. The number of aromatic nitrogens is 3. The van der Waals surface area contributed by atoms with Gasteiger partial charge in [0.05, 0.1) is 24.1 Å². The second kappa shape index (κ2) is 9.32. The molecule has 2 fully saturated rings. The summed E-state index contributed by atoms with van der Waals surface area (Å²) in [6, 6.07) is 1.97. The highest BCUT2D eigenvalue weighted by Gasteiger charge is 2.28. The lowest BCUT2D eigenvalue weighted by Gasteiger charge is -2.35. The maximum Gasteiger partial charge on any atom is 0.259 e. The van der Waals surface area contributed by atoms with E-state index in [1.807, 2.05) is 36.9 Å². The number of amides is 1. The van der Waals surface area contributed by atoms with Gasteiger partial charge in [-0.1, -0.05) is 6.92 Å². The predicted molar refractivity (Wildman–Crippen MR) is 119 cm³/mol. The number of ether oxygens (including phenoxy) is 1. The van der Waals surface area contributed by atoms with Crippen molar-refractivity contribution in [3.05, 3.63) is 28.3 Å². The van der Waals surface area contributed by atoms with Gasteiger partial charge in [0.2, 0.25) is 11.9 Å². The molecule has 0 unspecified atom stereocenters. The summed E-state index contributed by atoms with van der Waals surface area (Å²) in [5.41, 5.74) is 1.40. The number of rotatable bonds is 5. The van der Waals surface area contributed by atoms with Crippen LogP contribution in [0.1, 0.15) is 31.4 Å². The van der Waals surface area contributed by atoms with E-state index in [1.54, 1.807) is 6.20 Å². The van der Waals surface area contributed by atoms with Crippen LogP contribution in [0.4, 0.5) is 5.95 Å². The summed E-state index contributed by atoms with van der Waals surface area (Å²) in [4.78, 5) is 43.4. The van der Waals surface area contributed by atoms with Gasteiger partial charge in [-0.15, -0.1) is 0 Å². The van der Waals surface area contributed by atoms with Gasteiger partial charge in [0.15, 0.2) is 0 Å². The van der Waals surface area contributed by atoms with Crippen LogP contribution in [-0.4, -0.2) is 90.7 Å². The van der Waals surface area contributed by atoms with E-state index in [9.17, 15) is 9.59 Å². The molecule has 0 aliphatic carbocycles. The molecule has 9 heteroatoms. The van der Waals surface area contributed by atoms with E-state index in [0.29, 0.717) is 29.9 Å². The van der Waals surface area contributed by atoms with Crippen molar-refractivity contribution in [2.75, 3.05) is 64.9 Å². The molecule has 0 saturated carbocycles. The fraction of sp³-hybridized carbons (Fsp3) is 0.636. The molecular weight excluding hydrogens is 396 g/mol. The van der Waals surface area contributed by atoms with Crippen molar-refractivity contribution in [3.8, 4) is 0 Å². The summed E-state index contributed by atoms with van der Waals surface area (Å²) in [6.07, 6.45) is 3.25. The minimum atomic E-state index is -0.157. The van der Waals surface area contributed by atoms with Crippen LogP contribution in [0.15, 0.2) is 17.1 Å². The second-order valence-electron chi connectivity index (χ2n) is 8.83. The Morgan fingerprint density at radius 2 is 1.97 bits per heavy atom. The number of carbonyl (C=O) groups excluding carboxylic acids is 1. The van der Waals surface area contributed by atoms with E-state index in [1.165, 1.54) is 0 Å². The molecule has 9 nitrogen and oxygen atoms in total. The maximum atomic E-state index is 12.9. The van der Waals surface area contributed by atoms with Gasteiger partial charge in [-0.3, -0.25) is 14.5 Å². The summed E-state index contributed by atoms with van der Waals surface area (Å²) >= 11 is 0. The van der Waals surface area contributed by atoms with Crippen LogP contribution >= 0.6 is 0 Å². The first-order chi connectivity index (χ1) is 14.9. The number of aromatic amines is 1. The largest absolute Gasteiger partial charge is 0.379 e. The van der Waals surface area contributed by atoms with Crippen LogP contribution in [0.25, 0.3) is 10.9 Å². The maximum absolute atomic E-state index is 12.9. The van der Waals surface area contributed by atoms with Crippen molar-refractivity contribution in [2.45, 2.75) is 25.7 Å². The number of piperidine rings is 1. The predicted octanol–water partition coefficient (Wildman–Crippen LogP) is 1.06. The molecule has 0 aromatic carbocycles. The number of fused-ring (bicyclic) bond motifs is 1. The van der Waals surface area contributed by atoms with Gasteiger partial charge in [-0.25, -0.2) is 9.97 Å². The number of morpholine rings is 1.